The van der Waals surface area contributed by atoms with Gasteiger partial charge in [0.1, 0.15) is 6.04 Å². The van der Waals surface area contributed by atoms with Gasteiger partial charge < -0.3 is 10.2 Å². The summed E-state index contributed by atoms with van der Waals surface area (Å²) < 4.78 is 25.8. The third-order valence-corrected chi connectivity index (χ3v) is 6.79. The fraction of sp³-hybridized carbons (Fsp3) is 0.409. The zero-order valence-corrected chi connectivity index (χ0v) is 18.9. The van der Waals surface area contributed by atoms with Crippen LogP contribution in [0.2, 0.25) is 5.02 Å². The first kappa shape index (κ1) is 22.4. The van der Waals surface area contributed by atoms with E-state index in [0.717, 1.165) is 29.2 Å². The Morgan fingerprint density at radius 2 is 1.67 bits per heavy atom. The van der Waals surface area contributed by atoms with E-state index in [1.807, 2.05) is 12.1 Å². The highest BCUT2D eigenvalue weighted by Gasteiger charge is 2.28. The molecule has 1 aliphatic rings. The maximum Gasteiger partial charge on any atom is 0.243 e. The smallest absolute Gasteiger partial charge is 0.243 e. The lowest BCUT2D eigenvalue weighted by atomic mass is 10.1. The van der Waals surface area contributed by atoms with E-state index in [-0.39, 0.29) is 5.91 Å². The van der Waals surface area contributed by atoms with E-state index >= 15 is 0 Å². The van der Waals surface area contributed by atoms with Gasteiger partial charge in [-0.05, 0) is 68.1 Å². The molecule has 2 aromatic rings. The summed E-state index contributed by atoms with van der Waals surface area (Å²) in [6.07, 6.45) is 4.82. The second-order valence-electron chi connectivity index (χ2n) is 7.64. The SMILES string of the molecule is CC(C(=O)NCc1ccc(N2CCCCC2)cc1)N(c1ccc(Cl)cc1)S(C)(=O)=O. The Kier molecular flexibility index (Phi) is 7.26. The average molecular weight is 450 g/mol. The maximum absolute atomic E-state index is 12.7. The van der Waals surface area contributed by atoms with E-state index in [0.29, 0.717) is 17.3 Å². The molecule has 0 bridgehead atoms. The average Bonchev–Trinajstić information content (AvgIpc) is 2.73. The van der Waals surface area contributed by atoms with Crippen molar-refractivity contribution >= 4 is 38.9 Å². The summed E-state index contributed by atoms with van der Waals surface area (Å²) in [6.45, 7) is 4.07. The molecule has 8 heteroatoms. The monoisotopic (exact) mass is 449 g/mol. The summed E-state index contributed by atoms with van der Waals surface area (Å²) in [5.74, 6) is -0.365. The van der Waals surface area contributed by atoms with Crippen LogP contribution in [0.3, 0.4) is 0 Å². The molecule has 162 valence electrons. The molecule has 30 heavy (non-hydrogen) atoms. The minimum atomic E-state index is -3.65. The van der Waals surface area contributed by atoms with E-state index in [4.69, 9.17) is 11.6 Å². The number of amides is 1. The predicted octanol–water partition coefficient (Wildman–Crippen LogP) is 3.80. The Labute approximate surface area is 183 Å². The summed E-state index contributed by atoms with van der Waals surface area (Å²) in [7, 11) is -3.65. The van der Waals surface area contributed by atoms with Crippen molar-refractivity contribution in [2.45, 2.75) is 38.8 Å². The highest BCUT2D eigenvalue weighted by Crippen LogP contribution is 2.23. The van der Waals surface area contributed by atoms with E-state index in [1.165, 1.54) is 24.9 Å². The lowest BCUT2D eigenvalue weighted by Gasteiger charge is -2.29. The van der Waals surface area contributed by atoms with Crippen LogP contribution >= 0.6 is 11.6 Å². The van der Waals surface area contributed by atoms with Crippen molar-refractivity contribution in [1.29, 1.82) is 0 Å². The largest absolute Gasteiger partial charge is 0.372 e. The molecule has 1 N–H and O–H groups in total. The molecule has 2 aromatic carbocycles. The van der Waals surface area contributed by atoms with Crippen LogP contribution in [0.5, 0.6) is 0 Å². The van der Waals surface area contributed by atoms with Crippen molar-refractivity contribution in [1.82, 2.24) is 5.32 Å². The normalized spacial score (nSPS) is 15.5. The molecule has 1 unspecified atom stereocenters. The minimum Gasteiger partial charge on any atom is -0.372 e. The Morgan fingerprint density at radius 1 is 1.07 bits per heavy atom. The lowest BCUT2D eigenvalue weighted by molar-refractivity contribution is -0.122. The van der Waals surface area contributed by atoms with E-state index < -0.39 is 16.1 Å². The van der Waals surface area contributed by atoms with E-state index in [2.05, 4.69) is 22.3 Å². The molecular weight excluding hydrogens is 422 g/mol. The van der Waals surface area contributed by atoms with Gasteiger partial charge in [0, 0.05) is 30.3 Å². The Balaban J connectivity index is 1.64. The number of nitrogens with zero attached hydrogens (tertiary/aromatic N) is 2. The number of rotatable bonds is 7. The Hall–Kier alpha value is -2.25. The van der Waals surface area contributed by atoms with Gasteiger partial charge in [0.25, 0.3) is 0 Å². The number of benzene rings is 2. The summed E-state index contributed by atoms with van der Waals surface area (Å²) in [6, 6.07) is 13.6. The molecule has 0 radical (unpaired) electrons. The number of sulfonamides is 1. The molecule has 1 saturated heterocycles. The van der Waals surface area contributed by atoms with Crippen LogP contribution in [-0.2, 0) is 21.4 Å². The zero-order valence-electron chi connectivity index (χ0n) is 17.3. The molecular formula is C22H28ClN3O3S. The fourth-order valence-electron chi connectivity index (χ4n) is 3.71. The number of halogens is 1. The highest BCUT2D eigenvalue weighted by atomic mass is 35.5. The van der Waals surface area contributed by atoms with Crippen LogP contribution in [0.15, 0.2) is 48.5 Å². The van der Waals surface area contributed by atoms with Gasteiger partial charge in [0.2, 0.25) is 15.9 Å². The van der Waals surface area contributed by atoms with Crippen LogP contribution in [0, 0.1) is 0 Å². The molecule has 1 amide bonds. The highest BCUT2D eigenvalue weighted by molar-refractivity contribution is 7.92. The number of nitrogens with one attached hydrogen (secondary N) is 1. The van der Waals surface area contributed by atoms with Gasteiger partial charge in [-0.3, -0.25) is 9.10 Å². The molecule has 6 nitrogen and oxygen atoms in total. The molecule has 1 heterocycles. The maximum atomic E-state index is 12.7. The molecule has 1 atom stereocenters. The van der Waals surface area contributed by atoms with Crippen LogP contribution in [0.1, 0.15) is 31.7 Å². The number of anilines is 2. The first-order chi connectivity index (χ1) is 14.3. The van der Waals surface area contributed by atoms with Crippen LogP contribution < -0.4 is 14.5 Å². The number of piperidine rings is 1. The van der Waals surface area contributed by atoms with Gasteiger partial charge in [0.15, 0.2) is 0 Å². The van der Waals surface area contributed by atoms with E-state index in [9.17, 15) is 13.2 Å². The van der Waals surface area contributed by atoms with Crippen molar-refractivity contribution in [2.24, 2.45) is 0 Å². The fourth-order valence-corrected chi connectivity index (χ4v) is 5.01. The summed E-state index contributed by atoms with van der Waals surface area (Å²) in [5.41, 5.74) is 2.56. The van der Waals surface area contributed by atoms with Crippen molar-refractivity contribution < 1.29 is 13.2 Å². The number of hydrogen-bond donors (Lipinski definition) is 1. The predicted molar refractivity (Wildman–Crippen MR) is 123 cm³/mol. The molecule has 3 rings (SSSR count). The third kappa shape index (κ3) is 5.67. The summed E-state index contributed by atoms with van der Waals surface area (Å²) >= 11 is 5.90. The van der Waals surface area contributed by atoms with Crippen molar-refractivity contribution in [3.05, 3.63) is 59.1 Å². The zero-order chi connectivity index (χ0) is 21.7. The first-order valence-electron chi connectivity index (χ1n) is 10.1. The first-order valence-corrected chi connectivity index (χ1v) is 12.3. The number of carbonyl (C=O) groups excluding carboxylic acids is 1. The van der Waals surface area contributed by atoms with Gasteiger partial charge in [0.05, 0.1) is 11.9 Å². The number of carbonyl (C=O) groups is 1. The van der Waals surface area contributed by atoms with E-state index in [1.54, 1.807) is 31.2 Å². The Morgan fingerprint density at radius 3 is 2.23 bits per heavy atom. The van der Waals surface area contributed by atoms with Gasteiger partial charge >= 0.3 is 0 Å². The molecule has 0 spiro atoms. The second-order valence-corrected chi connectivity index (χ2v) is 9.94. The van der Waals surface area contributed by atoms with Crippen molar-refractivity contribution in [3.8, 4) is 0 Å². The molecule has 1 fully saturated rings. The van der Waals surface area contributed by atoms with Crippen molar-refractivity contribution in [2.75, 3.05) is 28.6 Å². The topological polar surface area (TPSA) is 69.7 Å². The minimum absolute atomic E-state index is 0.335. The van der Waals surface area contributed by atoms with Gasteiger partial charge in [-0.15, -0.1) is 0 Å². The third-order valence-electron chi connectivity index (χ3n) is 5.29. The second kappa shape index (κ2) is 9.71. The molecule has 0 saturated carbocycles. The van der Waals surface area contributed by atoms with Gasteiger partial charge in [-0.25, -0.2) is 8.42 Å². The van der Waals surface area contributed by atoms with Crippen molar-refractivity contribution in [3.63, 3.8) is 0 Å². The molecule has 0 aliphatic carbocycles. The summed E-state index contributed by atoms with van der Waals surface area (Å²) in [5, 5.41) is 3.34. The van der Waals surface area contributed by atoms with Crippen LogP contribution in [0.25, 0.3) is 0 Å². The molecule has 1 aliphatic heterocycles. The summed E-state index contributed by atoms with van der Waals surface area (Å²) in [4.78, 5) is 15.1. The van der Waals surface area contributed by atoms with Gasteiger partial charge in [-0.1, -0.05) is 23.7 Å². The standard InChI is InChI=1S/C22H28ClN3O3S/c1-17(26(30(2,28)29)21-12-8-19(23)9-13-21)22(27)24-16-18-6-10-20(11-7-18)25-14-4-3-5-15-25/h6-13,17H,3-5,14-16H2,1-2H3,(H,24,27). The quantitative estimate of drug-likeness (QED) is 0.698. The van der Waals surface area contributed by atoms with Crippen LogP contribution in [0.4, 0.5) is 11.4 Å². The Bertz CT molecular complexity index is 956. The van der Waals surface area contributed by atoms with Crippen LogP contribution in [-0.4, -0.2) is 39.7 Å². The molecule has 0 aromatic heterocycles. The van der Waals surface area contributed by atoms with Gasteiger partial charge in [-0.2, -0.15) is 0 Å². The lowest BCUT2D eigenvalue weighted by Crippen LogP contribution is -2.47. The number of hydrogen-bond acceptors (Lipinski definition) is 4.